The minimum atomic E-state index is 0. The Kier molecular flexibility index (Phi) is 6.61. The highest BCUT2D eigenvalue weighted by molar-refractivity contribution is 5.85. The Labute approximate surface area is 178 Å². The molecule has 3 aromatic carbocycles. The molecule has 0 unspecified atom stereocenters. The first kappa shape index (κ1) is 20.7. The Hall–Kier alpha value is -2.07. The van der Waals surface area contributed by atoms with Crippen LogP contribution in [-0.2, 0) is 13.1 Å². The zero-order chi connectivity index (χ0) is 17.3. The molecule has 0 N–H and O–H groups in total. The fourth-order valence-electron chi connectivity index (χ4n) is 4.08. The predicted octanol–water partition coefficient (Wildman–Crippen LogP) is 5.68. The molecule has 3 nitrogen and oxygen atoms in total. The van der Waals surface area contributed by atoms with Gasteiger partial charge in [0.1, 0.15) is 5.82 Å². The van der Waals surface area contributed by atoms with Gasteiger partial charge in [0.2, 0.25) is 0 Å². The van der Waals surface area contributed by atoms with E-state index in [2.05, 4.69) is 76.2 Å². The second-order valence-electron chi connectivity index (χ2n) is 7.27. The molecule has 5 heteroatoms. The van der Waals surface area contributed by atoms with Crippen molar-refractivity contribution in [2.24, 2.45) is 0 Å². The van der Waals surface area contributed by atoms with E-state index in [1.165, 1.54) is 53.6 Å². The number of benzene rings is 3. The Balaban J connectivity index is 0.00000112. The van der Waals surface area contributed by atoms with Crippen LogP contribution in [0, 0.1) is 0 Å². The summed E-state index contributed by atoms with van der Waals surface area (Å²) >= 11 is 0. The minimum absolute atomic E-state index is 0. The maximum atomic E-state index is 4.96. The highest BCUT2D eigenvalue weighted by Crippen LogP contribution is 2.22. The molecule has 5 rings (SSSR count). The van der Waals surface area contributed by atoms with Crippen LogP contribution >= 0.6 is 24.8 Å². The number of rotatable bonds is 4. The Bertz CT molecular complexity index is 1070. The monoisotopic (exact) mass is 413 g/mol. The van der Waals surface area contributed by atoms with E-state index in [-0.39, 0.29) is 24.8 Å². The van der Waals surface area contributed by atoms with Crippen LogP contribution in [0.4, 0.5) is 0 Å². The molecule has 0 atom stereocenters. The average Bonchev–Trinajstić information content (AvgIpc) is 3.31. The lowest BCUT2D eigenvalue weighted by atomic mass is 10.1. The van der Waals surface area contributed by atoms with E-state index in [1.54, 1.807) is 0 Å². The summed E-state index contributed by atoms with van der Waals surface area (Å²) in [5.74, 6) is 1.18. The summed E-state index contributed by atoms with van der Waals surface area (Å²) < 4.78 is 2.40. The fourth-order valence-corrected chi connectivity index (χ4v) is 4.08. The topological polar surface area (TPSA) is 21.1 Å². The lowest BCUT2D eigenvalue weighted by Gasteiger charge is -2.16. The molecule has 1 aliphatic heterocycles. The van der Waals surface area contributed by atoms with Crippen molar-refractivity contribution in [3.63, 3.8) is 0 Å². The van der Waals surface area contributed by atoms with E-state index in [9.17, 15) is 0 Å². The molecule has 4 aromatic rings. The van der Waals surface area contributed by atoms with Crippen LogP contribution < -0.4 is 0 Å². The number of nitrogens with zero attached hydrogens (tertiary/aromatic N) is 3. The first-order valence-electron chi connectivity index (χ1n) is 9.51. The SMILES string of the molecule is Cl.Cl.c1ccc2cc(Cn3c(CN4CCCC4)nc4ccccc43)ccc2c1. The molecular formula is C23H25Cl2N3. The summed E-state index contributed by atoms with van der Waals surface area (Å²) in [6.07, 6.45) is 2.62. The molecule has 0 spiro atoms. The van der Waals surface area contributed by atoms with Crippen LogP contribution in [0.1, 0.15) is 24.2 Å². The van der Waals surface area contributed by atoms with Gasteiger partial charge in [0, 0.05) is 6.54 Å². The van der Waals surface area contributed by atoms with Gasteiger partial charge in [-0.05, 0) is 60.5 Å². The van der Waals surface area contributed by atoms with Crippen molar-refractivity contribution in [3.8, 4) is 0 Å². The highest BCUT2D eigenvalue weighted by Gasteiger charge is 2.17. The van der Waals surface area contributed by atoms with Crippen LogP contribution in [0.2, 0.25) is 0 Å². The molecule has 146 valence electrons. The summed E-state index contributed by atoms with van der Waals surface area (Å²) in [5.41, 5.74) is 3.66. The molecule has 0 radical (unpaired) electrons. The van der Waals surface area contributed by atoms with Crippen molar-refractivity contribution in [1.29, 1.82) is 0 Å². The Morgan fingerprint density at radius 3 is 2.29 bits per heavy atom. The molecule has 2 heterocycles. The molecule has 0 aliphatic carbocycles. The summed E-state index contributed by atoms with van der Waals surface area (Å²) in [5, 5.41) is 2.60. The van der Waals surface area contributed by atoms with E-state index in [4.69, 9.17) is 4.98 Å². The van der Waals surface area contributed by atoms with Gasteiger partial charge >= 0.3 is 0 Å². The van der Waals surface area contributed by atoms with E-state index < -0.39 is 0 Å². The first-order valence-corrected chi connectivity index (χ1v) is 9.51. The minimum Gasteiger partial charge on any atom is -0.322 e. The summed E-state index contributed by atoms with van der Waals surface area (Å²) in [6.45, 7) is 4.20. The van der Waals surface area contributed by atoms with E-state index in [0.29, 0.717) is 0 Å². The number of halogens is 2. The van der Waals surface area contributed by atoms with Gasteiger partial charge in [0.05, 0.1) is 17.6 Å². The van der Waals surface area contributed by atoms with E-state index in [0.717, 1.165) is 18.6 Å². The van der Waals surface area contributed by atoms with Gasteiger partial charge in [-0.15, -0.1) is 24.8 Å². The highest BCUT2D eigenvalue weighted by atomic mass is 35.5. The maximum absolute atomic E-state index is 4.96. The van der Waals surface area contributed by atoms with Crippen LogP contribution in [0.15, 0.2) is 66.7 Å². The van der Waals surface area contributed by atoms with Crippen LogP contribution in [0.25, 0.3) is 21.8 Å². The van der Waals surface area contributed by atoms with Gasteiger partial charge in [0.15, 0.2) is 0 Å². The number of likely N-dealkylation sites (tertiary alicyclic amines) is 1. The molecule has 1 saturated heterocycles. The third-order valence-corrected chi connectivity index (χ3v) is 5.45. The Morgan fingerprint density at radius 1 is 0.750 bits per heavy atom. The van der Waals surface area contributed by atoms with Crippen molar-refractivity contribution in [3.05, 3.63) is 78.1 Å². The van der Waals surface area contributed by atoms with Crippen molar-refractivity contribution in [2.45, 2.75) is 25.9 Å². The molecule has 0 saturated carbocycles. The van der Waals surface area contributed by atoms with Gasteiger partial charge in [-0.3, -0.25) is 4.90 Å². The molecule has 1 aromatic heterocycles. The molecule has 0 amide bonds. The van der Waals surface area contributed by atoms with Gasteiger partial charge in [-0.25, -0.2) is 4.98 Å². The van der Waals surface area contributed by atoms with Crippen molar-refractivity contribution >= 4 is 46.6 Å². The molecule has 28 heavy (non-hydrogen) atoms. The molecule has 1 fully saturated rings. The van der Waals surface area contributed by atoms with Gasteiger partial charge in [-0.2, -0.15) is 0 Å². The Morgan fingerprint density at radius 2 is 1.46 bits per heavy atom. The number of imidazole rings is 1. The van der Waals surface area contributed by atoms with Crippen molar-refractivity contribution in [2.75, 3.05) is 13.1 Å². The molecule has 1 aliphatic rings. The maximum Gasteiger partial charge on any atom is 0.124 e. The second-order valence-corrected chi connectivity index (χ2v) is 7.27. The number of aromatic nitrogens is 2. The number of fused-ring (bicyclic) bond motifs is 2. The quantitative estimate of drug-likeness (QED) is 0.429. The summed E-state index contributed by atoms with van der Waals surface area (Å²) in [7, 11) is 0. The normalized spacial score (nSPS) is 14.1. The zero-order valence-corrected chi connectivity index (χ0v) is 17.4. The zero-order valence-electron chi connectivity index (χ0n) is 15.8. The smallest absolute Gasteiger partial charge is 0.124 e. The molecular weight excluding hydrogens is 389 g/mol. The fraction of sp³-hybridized carbons (Fsp3) is 0.261. The average molecular weight is 414 g/mol. The van der Waals surface area contributed by atoms with Gasteiger partial charge in [0.25, 0.3) is 0 Å². The van der Waals surface area contributed by atoms with Crippen LogP contribution in [-0.4, -0.2) is 27.5 Å². The van der Waals surface area contributed by atoms with Gasteiger partial charge in [-0.1, -0.05) is 48.5 Å². The summed E-state index contributed by atoms with van der Waals surface area (Å²) in [6, 6.07) is 23.9. The number of para-hydroxylation sites is 2. The van der Waals surface area contributed by atoms with Crippen molar-refractivity contribution < 1.29 is 0 Å². The number of hydrogen-bond acceptors (Lipinski definition) is 2. The summed E-state index contributed by atoms with van der Waals surface area (Å²) in [4.78, 5) is 7.48. The van der Waals surface area contributed by atoms with Crippen LogP contribution in [0.3, 0.4) is 0 Å². The second kappa shape index (κ2) is 8.95. The standard InChI is InChI=1S/C23H23N3.2ClH/c1-2-8-20-15-18(11-12-19(20)7-1)16-26-22-10-4-3-9-21(22)24-23(26)17-25-13-5-6-14-25;;/h1-4,7-12,15H,5-6,13-14,16-17H2;2*1H. The predicted molar refractivity (Wildman–Crippen MR) is 122 cm³/mol. The van der Waals surface area contributed by atoms with Crippen molar-refractivity contribution in [1.82, 2.24) is 14.5 Å². The first-order chi connectivity index (χ1) is 12.9. The third kappa shape index (κ3) is 4.02. The van der Waals surface area contributed by atoms with Gasteiger partial charge < -0.3 is 4.57 Å². The molecule has 0 bridgehead atoms. The van der Waals surface area contributed by atoms with E-state index in [1.807, 2.05) is 0 Å². The number of hydrogen-bond donors (Lipinski definition) is 0. The van der Waals surface area contributed by atoms with Crippen LogP contribution in [0.5, 0.6) is 0 Å². The largest absolute Gasteiger partial charge is 0.322 e. The van der Waals surface area contributed by atoms with E-state index >= 15 is 0 Å². The lowest BCUT2D eigenvalue weighted by molar-refractivity contribution is 0.318. The lowest BCUT2D eigenvalue weighted by Crippen LogP contribution is -2.21. The third-order valence-electron chi connectivity index (χ3n) is 5.45.